The minimum Gasteiger partial charge on any atom is -0.469 e. The van der Waals surface area contributed by atoms with Crippen LogP contribution in [0.15, 0.2) is 48.5 Å². The van der Waals surface area contributed by atoms with Gasteiger partial charge >= 0.3 is 12.0 Å². The number of nitrogen functional groups attached to an aromatic ring is 1. The molecule has 27 heavy (non-hydrogen) atoms. The smallest absolute Gasteiger partial charge is 0.322 e. The van der Waals surface area contributed by atoms with Crippen molar-refractivity contribution < 1.29 is 14.3 Å². The highest BCUT2D eigenvalue weighted by atomic mass is 16.5. The second kappa shape index (κ2) is 7.90. The standard InChI is InChI=1S/C20H22N4O3/c1-27-18(25)11-4-13-2-9-16(10-3-13)24-12-17(23-20(24)26)14-5-7-15(8-6-14)19(21)22/h2-3,5-10,17H,4,11-12H2,1H3,(H3,21,22)(H,23,26). The first-order valence-electron chi connectivity index (χ1n) is 8.66. The molecule has 1 heterocycles. The summed E-state index contributed by atoms with van der Waals surface area (Å²) in [4.78, 5) is 25.3. The van der Waals surface area contributed by atoms with Crippen molar-refractivity contribution in [2.24, 2.45) is 5.73 Å². The maximum absolute atomic E-state index is 12.4. The Balaban J connectivity index is 1.66. The van der Waals surface area contributed by atoms with E-state index in [9.17, 15) is 9.59 Å². The van der Waals surface area contributed by atoms with Gasteiger partial charge in [0.05, 0.1) is 19.7 Å². The number of amides is 2. The number of anilines is 1. The first-order valence-corrected chi connectivity index (χ1v) is 8.66. The van der Waals surface area contributed by atoms with Gasteiger partial charge in [0.15, 0.2) is 0 Å². The molecule has 0 spiro atoms. The molecule has 0 saturated carbocycles. The summed E-state index contributed by atoms with van der Waals surface area (Å²) < 4.78 is 4.65. The summed E-state index contributed by atoms with van der Waals surface area (Å²) in [7, 11) is 1.38. The summed E-state index contributed by atoms with van der Waals surface area (Å²) in [5.41, 5.74) is 8.91. The molecule has 0 aliphatic carbocycles. The minimum absolute atomic E-state index is 0.0194. The third-order valence-electron chi connectivity index (χ3n) is 4.63. The number of nitrogens with one attached hydrogen (secondary N) is 2. The van der Waals surface area contributed by atoms with Crippen LogP contribution in [0.3, 0.4) is 0 Å². The predicted molar refractivity (Wildman–Crippen MR) is 103 cm³/mol. The molecule has 2 aromatic carbocycles. The SMILES string of the molecule is COC(=O)CCc1ccc(N2CC(c3ccc(C(=N)N)cc3)NC2=O)cc1. The Labute approximate surface area is 157 Å². The zero-order chi connectivity index (χ0) is 19.4. The first-order chi connectivity index (χ1) is 13.0. The number of nitrogens with two attached hydrogens (primary N) is 1. The molecule has 1 atom stereocenters. The van der Waals surface area contributed by atoms with Crippen LogP contribution in [0, 0.1) is 5.41 Å². The fourth-order valence-electron chi connectivity index (χ4n) is 3.04. The average molecular weight is 366 g/mol. The lowest BCUT2D eigenvalue weighted by atomic mass is 10.0. The second-order valence-electron chi connectivity index (χ2n) is 6.39. The number of rotatable bonds is 6. The van der Waals surface area contributed by atoms with Gasteiger partial charge in [0.2, 0.25) is 0 Å². The van der Waals surface area contributed by atoms with E-state index in [0.29, 0.717) is 24.9 Å². The molecular formula is C20H22N4O3. The number of ether oxygens (including phenoxy) is 1. The molecule has 1 aliphatic rings. The number of hydrogen-bond donors (Lipinski definition) is 3. The minimum atomic E-state index is -0.239. The molecular weight excluding hydrogens is 344 g/mol. The highest BCUT2D eigenvalue weighted by Gasteiger charge is 2.30. The van der Waals surface area contributed by atoms with Crippen LogP contribution >= 0.6 is 0 Å². The van der Waals surface area contributed by atoms with E-state index in [1.165, 1.54) is 7.11 Å². The topological polar surface area (TPSA) is 109 Å². The van der Waals surface area contributed by atoms with Crippen LogP contribution in [-0.4, -0.2) is 31.5 Å². The predicted octanol–water partition coefficient (Wildman–Crippen LogP) is 2.35. The Bertz CT molecular complexity index is 847. The van der Waals surface area contributed by atoms with Gasteiger partial charge in [-0.15, -0.1) is 0 Å². The molecule has 2 amide bonds. The van der Waals surface area contributed by atoms with E-state index in [-0.39, 0.29) is 23.9 Å². The van der Waals surface area contributed by atoms with Gasteiger partial charge in [-0.05, 0) is 29.7 Å². The number of nitrogens with zero attached hydrogens (tertiary/aromatic N) is 1. The maximum Gasteiger partial charge on any atom is 0.322 e. The van der Waals surface area contributed by atoms with Crippen molar-refractivity contribution in [2.75, 3.05) is 18.6 Å². The van der Waals surface area contributed by atoms with Crippen LogP contribution in [0.25, 0.3) is 0 Å². The van der Waals surface area contributed by atoms with Gasteiger partial charge in [-0.2, -0.15) is 0 Å². The van der Waals surface area contributed by atoms with E-state index >= 15 is 0 Å². The maximum atomic E-state index is 12.4. The first kappa shape index (κ1) is 18.4. The highest BCUT2D eigenvalue weighted by molar-refractivity contribution is 5.96. The highest BCUT2D eigenvalue weighted by Crippen LogP contribution is 2.26. The van der Waals surface area contributed by atoms with Crippen molar-refractivity contribution >= 4 is 23.5 Å². The molecule has 1 fully saturated rings. The molecule has 0 bridgehead atoms. The number of urea groups is 1. The fraction of sp³-hybridized carbons (Fsp3) is 0.250. The lowest BCUT2D eigenvalue weighted by molar-refractivity contribution is -0.140. The van der Waals surface area contributed by atoms with E-state index < -0.39 is 0 Å². The lowest BCUT2D eigenvalue weighted by Crippen LogP contribution is -2.27. The zero-order valence-corrected chi connectivity index (χ0v) is 15.1. The van der Waals surface area contributed by atoms with Crippen LogP contribution in [0.5, 0.6) is 0 Å². The molecule has 7 heteroatoms. The third kappa shape index (κ3) is 4.25. The van der Waals surface area contributed by atoms with Crippen LogP contribution in [-0.2, 0) is 16.0 Å². The Kier molecular flexibility index (Phi) is 5.40. The van der Waals surface area contributed by atoms with Crippen molar-refractivity contribution in [1.82, 2.24) is 5.32 Å². The third-order valence-corrected chi connectivity index (χ3v) is 4.63. The number of amidine groups is 1. The van der Waals surface area contributed by atoms with Gasteiger partial charge in [0, 0.05) is 17.7 Å². The van der Waals surface area contributed by atoms with Crippen LogP contribution in [0.1, 0.15) is 29.2 Å². The Morgan fingerprint density at radius 3 is 2.48 bits per heavy atom. The fourth-order valence-corrected chi connectivity index (χ4v) is 3.04. The second-order valence-corrected chi connectivity index (χ2v) is 6.39. The molecule has 140 valence electrons. The summed E-state index contributed by atoms with van der Waals surface area (Å²) in [6.45, 7) is 0.514. The van der Waals surface area contributed by atoms with E-state index in [0.717, 1.165) is 16.8 Å². The van der Waals surface area contributed by atoms with Crippen molar-refractivity contribution in [3.05, 3.63) is 65.2 Å². The van der Waals surface area contributed by atoms with Gasteiger partial charge in [-0.1, -0.05) is 36.4 Å². The number of methoxy groups -OCH3 is 1. The summed E-state index contributed by atoms with van der Waals surface area (Å²) in [6, 6.07) is 14.6. The average Bonchev–Trinajstić information content (AvgIpc) is 3.08. The summed E-state index contributed by atoms with van der Waals surface area (Å²) in [5.74, 6) is -0.220. The van der Waals surface area contributed by atoms with Crippen LogP contribution < -0.4 is 16.0 Å². The van der Waals surface area contributed by atoms with Crippen molar-refractivity contribution in [1.29, 1.82) is 5.41 Å². The number of benzene rings is 2. The van der Waals surface area contributed by atoms with Crippen molar-refractivity contribution in [2.45, 2.75) is 18.9 Å². The molecule has 1 unspecified atom stereocenters. The molecule has 4 N–H and O–H groups in total. The molecule has 7 nitrogen and oxygen atoms in total. The molecule has 3 rings (SSSR count). The van der Waals surface area contributed by atoms with Gasteiger partial charge in [0.25, 0.3) is 0 Å². The van der Waals surface area contributed by atoms with Gasteiger partial charge in [-0.25, -0.2) is 4.79 Å². The molecule has 0 radical (unpaired) electrons. The van der Waals surface area contributed by atoms with Gasteiger partial charge in [-0.3, -0.25) is 15.1 Å². The molecule has 1 saturated heterocycles. The van der Waals surface area contributed by atoms with Crippen LogP contribution in [0.2, 0.25) is 0 Å². The zero-order valence-electron chi connectivity index (χ0n) is 15.1. The quantitative estimate of drug-likeness (QED) is 0.414. The monoisotopic (exact) mass is 366 g/mol. The molecule has 1 aliphatic heterocycles. The van der Waals surface area contributed by atoms with Crippen LogP contribution in [0.4, 0.5) is 10.5 Å². The van der Waals surface area contributed by atoms with E-state index in [1.807, 2.05) is 36.4 Å². The normalized spacial score (nSPS) is 16.1. The van der Waals surface area contributed by atoms with Crippen molar-refractivity contribution in [3.63, 3.8) is 0 Å². The van der Waals surface area contributed by atoms with Crippen molar-refractivity contribution in [3.8, 4) is 0 Å². The van der Waals surface area contributed by atoms with Gasteiger partial charge < -0.3 is 15.8 Å². The summed E-state index contributed by atoms with van der Waals surface area (Å²) >= 11 is 0. The number of carbonyl (C=O) groups is 2. The molecule has 0 aromatic heterocycles. The Morgan fingerprint density at radius 2 is 1.89 bits per heavy atom. The molecule has 2 aromatic rings. The van der Waals surface area contributed by atoms with E-state index in [2.05, 4.69) is 10.1 Å². The number of hydrogen-bond acceptors (Lipinski definition) is 4. The Hall–Kier alpha value is -3.35. The largest absolute Gasteiger partial charge is 0.469 e. The Morgan fingerprint density at radius 1 is 1.22 bits per heavy atom. The number of aryl methyl sites for hydroxylation is 1. The summed E-state index contributed by atoms with van der Waals surface area (Å²) in [5, 5.41) is 10.4. The van der Waals surface area contributed by atoms with E-state index in [1.54, 1.807) is 17.0 Å². The number of carbonyl (C=O) groups excluding carboxylic acids is 2. The lowest BCUT2D eigenvalue weighted by Gasteiger charge is -2.15. The van der Waals surface area contributed by atoms with Gasteiger partial charge in [0.1, 0.15) is 5.84 Å². The number of esters is 1. The van der Waals surface area contributed by atoms with E-state index in [4.69, 9.17) is 11.1 Å². The summed E-state index contributed by atoms with van der Waals surface area (Å²) in [6.07, 6.45) is 0.933.